The van der Waals surface area contributed by atoms with Crippen molar-refractivity contribution >= 4 is 11.7 Å². The summed E-state index contributed by atoms with van der Waals surface area (Å²) in [5.41, 5.74) is 0.379. The van der Waals surface area contributed by atoms with E-state index < -0.39 is 0 Å². The predicted octanol–water partition coefficient (Wildman–Crippen LogP) is 1.50. The first kappa shape index (κ1) is 13.0. The Morgan fingerprint density at radius 3 is 2.94 bits per heavy atom. The van der Waals surface area contributed by atoms with Crippen LogP contribution in [0.25, 0.3) is 0 Å². The molecule has 0 aromatic carbocycles. The summed E-state index contributed by atoms with van der Waals surface area (Å²) < 4.78 is 0. The largest absolute Gasteiger partial charge is 0.373 e. The standard InChI is InChI=1S/C12H16N4O/c1-9(7-8-13)16(3)12(17)10-5-4-6-11(14-2)15-10/h4-6,9H,7H2,1-3H3,(H,14,15). The number of pyridine rings is 1. The van der Waals surface area contributed by atoms with Gasteiger partial charge in [0.2, 0.25) is 0 Å². The average molecular weight is 232 g/mol. The van der Waals surface area contributed by atoms with E-state index in [0.29, 0.717) is 17.9 Å². The number of carbonyl (C=O) groups is 1. The van der Waals surface area contributed by atoms with E-state index in [1.54, 1.807) is 32.3 Å². The van der Waals surface area contributed by atoms with Gasteiger partial charge in [-0.15, -0.1) is 0 Å². The van der Waals surface area contributed by atoms with Crippen LogP contribution in [-0.4, -0.2) is 35.9 Å². The fourth-order valence-corrected chi connectivity index (χ4v) is 1.34. The van der Waals surface area contributed by atoms with E-state index >= 15 is 0 Å². The van der Waals surface area contributed by atoms with Crippen molar-refractivity contribution in [1.82, 2.24) is 9.88 Å². The zero-order chi connectivity index (χ0) is 12.8. The maximum Gasteiger partial charge on any atom is 0.272 e. The number of anilines is 1. The first-order valence-electron chi connectivity index (χ1n) is 5.39. The van der Waals surface area contributed by atoms with Crippen LogP contribution in [-0.2, 0) is 0 Å². The van der Waals surface area contributed by atoms with Crippen molar-refractivity contribution in [2.75, 3.05) is 19.4 Å². The number of hydrogen-bond donors (Lipinski definition) is 1. The van der Waals surface area contributed by atoms with E-state index in [0.717, 1.165) is 0 Å². The Hall–Kier alpha value is -2.09. The topological polar surface area (TPSA) is 69.0 Å². The zero-order valence-corrected chi connectivity index (χ0v) is 10.3. The van der Waals surface area contributed by atoms with Gasteiger partial charge in [0.25, 0.3) is 5.91 Å². The molecule has 1 unspecified atom stereocenters. The monoisotopic (exact) mass is 232 g/mol. The molecule has 1 amide bonds. The van der Waals surface area contributed by atoms with Crippen molar-refractivity contribution < 1.29 is 4.79 Å². The van der Waals surface area contributed by atoms with Gasteiger partial charge in [-0.3, -0.25) is 4.79 Å². The lowest BCUT2D eigenvalue weighted by Crippen LogP contribution is -2.35. The van der Waals surface area contributed by atoms with Gasteiger partial charge in [-0.1, -0.05) is 6.07 Å². The highest BCUT2D eigenvalue weighted by Gasteiger charge is 2.18. The second-order valence-electron chi connectivity index (χ2n) is 3.79. The molecular weight excluding hydrogens is 216 g/mol. The SMILES string of the molecule is CNc1cccc(C(=O)N(C)C(C)CC#N)n1. The van der Waals surface area contributed by atoms with E-state index in [2.05, 4.69) is 16.4 Å². The van der Waals surface area contributed by atoms with Gasteiger partial charge in [-0.25, -0.2) is 4.98 Å². The van der Waals surface area contributed by atoms with Crippen LogP contribution in [0.4, 0.5) is 5.82 Å². The molecule has 5 nitrogen and oxygen atoms in total. The van der Waals surface area contributed by atoms with Gasteiger partial charge in [-0.05, 0) is 19.1 Å². The van der Waals surface area contributed by atoms with Gasteiger partial charge in [0, 0.05) is 20.1 Å². The summed E-state index contributed by atoms with van der Waals surface area (Å²) in [5, 5.41) is 11.5. The fraction of sp³-hybridized carbons (Fsp3) is 0.417. The molecule has 17 heavy (non-hydrogen) atoms. The molecule has 0 fully saturated rings. The van der Waals surface area contributed by atoms with Crippen molar-refractivity contribution in [2.24, 2.45) is 0 Å². The van der Waals surface area contributed by atoms with Crippen LogP contribution in [0.15, 0.2) is 18.2 Å². The molecular formula is C12H16N4O. The van der Waals surface area contributed by atoms with Crippen molar-refractivity contribution in [2.45, 2.75) is 19.4 Å². The Morgan fingerprint density at radius 1 is 1.65 bits per heavy atom. The molecule has 1 atom stereocenters. The molecule has 90 valence electrons. The fourth-order valence-electron chi connectivity index (χ4n) is 1.34. The van der Waals surface area contributed by atoms with Gasteiger partial charge < -0.3 is 10.2 Å². The maximum absolute atomic E-state index is 12.1. The Morgan fingerprint density at radius 2 is 2.35 bits per heavy atom. The number of nitrogens with one attached hydrogen (secondary N) is 1. The number of carbonyl (C=O) groups excluding carboxylic acids is 1. The molecule has 0 saturated heterocycles. The second-order valence-corrected chi connectivity index (χ2v) is 3.79. The van der Waals surface area contributed by atoms with Crippen molar-refractivity contribution in [3.63, 3.8) is 0 Å². The third-order valence-corrected chi connectivity index (χ3v) is 2.59. The first-order valence-corrected chi connectivity index (χ1v) is 5.39. The van der Waals surface area contributed by atoms with Crippen LogP contribution in [0, 0.1) is 11.3 Å². The highest BCUT2D eigenvalue weighted by atomic mass is 16.2. The van der Waals surface area contributed by atoms with Crippen molar-refractivity contribution in [3.05, 3.63) is 23.9 Å². The van der Waals surface area contributed by atoms with E-state index in [1.165, 1.54) is 4.90 Å². The minimum Gasteiger partial charge on any atom is -0.373 e. The van der Waals surface area contributed by atoms with Gasteiger partial charge >= 0.3 is 0 Å². The van der Waals surface area contributed by atoms with E-state index in [1.807, 2.05) is 6.92 Å². The number of nitriles is 1. The van der Waals surface area contributed by atoms with E-state index in [9.17, 15) is 4.79 Å². The van der Waals surface area contributed by atoms with Crippen molar-refractivity contribution in [3.8, 4) is 6.07 Å². The normalized spacial score (nSPS) is 11.4. The van der Waals surface area contributed by atoms with Crippen LogP contribution in [0.1, 0.15) is 23.8 Å². The molecule has 0 aliphatic carbocycles. The third-order valence-electron chi connectivity index (χ3n) is 2.59. The van der Waals surface area contributed by atoms with Gasteiger partial charge in [-0.2, -0.15) is 5.26 Å². The lowest BCUT2D eigenvalue weighted by Gasteiger charge is -2.22. The number of aromatic nitrogens is 1. The van der Waals surface area contributed by atoms with Gasteiger partial charge in [0.15, 0.2) is 0 Å². The van der Waals surface area contributed by atoms with Crippen molar-refractivity contribution in [1.29, 1.82) is 5.26 Å². The summed E-state index contributed by atoms with van der Waals surface area (Å²) in [5.74, 6) is 0.474. The third kappa shape index (κ3) is 3.18. The summed E-state index contributed by atoms with van der Waals surface area (Å²) in [7, 11) is 3.43. The molecule has 0 aliphatic heterocycles. The molecule has 0 aliphatic rings. The molecule has 1 aromatic rings. The minimum atomic E-state index is -0.176. The Kier molecular flexibility index (Phi) is 4.46. The van der Waals surface area contributed by atoms with Crippen LogP contribution in [0.2, 0.25) is 0 Å². The maximum atomic E-state index is 12.1. The molecule has 1 N–H and O–H groups in total. The molecule has 0 saturated carbocycles. The number of nitrogens with zero attached hydrogens (tertiary/aromatic N) is 3. The number of hydrogen-bond acceptors (Lipinski definition) is 4. The summed E-state index contributed by atoms with van der Waals surface area (Å²) >= 11 is 0. The quantitative estimate of drug-likeness (QED) is 0.854. The van der Waals surface area contributed by atoms with Crippen LogP contribution >= 0.6 is 0 Å². The Labute approximate surface area is 101 Å². The van der Waals surface area contributed by atoms with Gasteiger partial charge in [0.05, 0.1) is 12.5 Å². The molecule has 0 bridgehead atoms. The second kappa shape index (κ2) is 5.85. The average Bonchev–Trinajstić information content (AvgIpc) is 2.37. The first-order chi connectivity index (χ1) is 8.10. The molecule has 1 aromatic heterocycles. The summed E-state index contributed by atoms with van der Waals surface area (Å²) in [6.07, 6.45) is 0.313. The van der Waals surface area contributed by atoms with Gasteiger partial charge in [0.1, 0.15) is 11.5 Å². The van der Waals surface area contributed by atoms with E-state index in [4.69, 9.17) is 5.26 Å². The minimum absolute atomic E-state index is 0.118. The number of rotatable bonds is 4. The van der Waals surface area contributed by atoms with Crippen LogP contribution < -0.4 is 5.32 Å². The highest BCUT2D eigenvalue weighted by molar-refractivity contribution is 5.92. The smallest absolute Gasteiger partial charge is 0.272 e. The summed E-state index contributed by atoms with van der Waals surface area (Å²) in [6.45, 7) is 1.84. The highest BCUT2D eigenvalue weighted by Crippen LogP contribution is 2.09. The zero-order valence-electron chi connectivity index (χ0n) is 10.3. The summed E-state index contributed by atoms with van der Waals surface area (Å²) in [4.78, 5) is 17.8. The Bertz CT molecular complexity index is 438. The molecule has 0 spiro atoms. The molecule has 5 heteroatoms. The Balaban J connectivity index is 2.85. The van der Waals surface area contributed by atoms with Crippen LogP contribution in [0.3, 0.4) is 0 Å². The predicted molar refractivity (Wildman–Crippen MR) is 65.6 cm³/mol. The molecule has 0 radical (unpaired) electrons. The molecule has 1 heterocycles. The lowest BCUT2D eigenvalue weighted by atomic mass is 10.2. The number of amides is 1. The molecule has 1 rings (SSSR count). The van der Waals surface area contributed by atoms with Crippen LogP contribution in [0.5, 0.6) is 0 Å². The summed E-state index contributed by atoms with van der Waals surface area (Å²) in [6, 6.07) is 7.16. The van der Waals surface area contributed by atoms with E-state index in [-0.39, 0.29) is 11.9 Å². The lowest BCUT2D eigenvalue weighted by molar-refractivity contribution is 0.0740.